The SMILES string of the molecule is CC1(C)c2ccccc2-c2cc3c4cc(-c5ccc6c(c5)C5(c7ccccc7Oc7ccccc75)c5ccccc5-6)ccc4n(-c4ccccc4)c3cc21. The van der Waals surface area contributed by atoms with E-state index in [9.17, 15) is 0 Å². The summed E-state index contributed by atoms with van der Waals surface area (Å²) in [7, 11) is 0. The largest absolute Gasteiger partial charge is 0.457 e. The fraction of sp³-hybridized carbons (Fsp3) is 0.0769. The normalized spacial score (nSPS) is 14.9. The molecule has 254 valence electrons. The Morgan fingerprint density at radius 1 is 0.389 bits per heavy atom. The molecule has 0 amide bonds. The van der Waals surface area contributed by atoms with Crippen LogP contribution in [0.3, 0.4) is 0 Å². The average Bonchev–Trinajstić information content (AvgIpc) is 3.78. The number of benzene rings is 8. The Morgan fingerprint density at radius 2 is 0.944 bits per heavy atom. The molecule has 2 aliphatic carbocycles. The summed E-state index contributed by atoms with van der Waals surface area (Å²) in [5.74, 6) is 1.83. The Hall–Kier alpha value is -6.64. The maximum absolute atomic E-state index is 6.60. The summed E-state index contributed by atoms with van der Waals surface area (Å²) in [5.41, 5.74) is 18.5. The molecule has 1 aliphatic heterocycles. The van der Waals surface area contributed by atoms with Gasteiger partial charge in [0.1, 0.15) is 11.5 Å². The van der Waals surface area contributed by atoms with Gasteiger partial charge in [0.25, 0.3) is 0 Å². The van der Waals surface area contributed by atoms with Gasteiger partial charge in [0, 0.05) is 33.0 Å². The van der Waals surface area contributed by atoms with Gasteiger partial charge in [-0.05, 0) is 110 Å². The predicted molar refractivity (Wildman–Crippen MR) is 221 cm³/mol. The standard InChI is InChI=1S/C52H35NO/c1-51(2)41-18-8-6-17-36(41)38-30-40-39-28-32(25-27-47(39)53(48(40)31-45(38)51)34-14-4-3-5-15-34)33-24-26-37-35-16-7-9-19-42(35)52(46(37)29-33)43-20-10-12-22-49(43)54-50-23-13-11-21-44(50)52/h3-31H,1-2H3. The lowest BCUT2D eigenvalue weighted by Gasteiger charge is -2.39. The highest BCUT2D eigenvalue weighted by molar-refractivity contribution is 6.13. The van der Waals surface area contributed by atoms with Gasteiger partial charge in [-0.2, -0.15) is 0 Å². The van der Waals surface area contributed by atoms with Gasteiger partial charge in [-0.25, -0.2) is 0 Å². The molecule has 0 unspecified atom stereocenters. The second kappa shape index (κ2) is 10.5. The number of hydrogen-bond acceptors (Lipinski definition) is 1. The Labute approximate surface area is 314 Å². The third-order valence-electron chi connectivity index (χ3n) is 12.7. The molecule has 12 rings (SSSR count). The van der Waals surface area contributed by atoms with Gasteiger partial charge in [-0.15, -0.1) is 0 Å². The first kappa shape index (κ1) is 29.9. The van der Waals surface area contributed by atoms with Crippen molar-refractivity contribution in [1.29, 1.82) is 0 Å². The minimum Gasteiger partial charge on any atom is -0.457 e. The van der Waals surface area contributed by atoms with E-state index in [-0.39, 0.29) is 5.41 Å². The van der Waals surface area contributed by atoms with E-state index in [1.54, 1.807) is 0 Å². The molecule has 3 aliphatic rings. The van der Waals surface area contributed by atoms with Crippen LogP contribution in [-0.2, 0) is 10.8 Å². The molecule has 0 radical (unpaired) electrons. The highest BCUT2D eigenvalue weighted by atomic mass is 16.5. The van der Waals surface area contributed by atoms with Crippen LogP contribution in [0.5, 0.6) is 11.5 Å². The maximum Gasteiger partial charge on any atom is 0.132 e. The molecule has 2 nitrogen and oxygen atoms in total. The average molecular weight is 690 g/mol. The highest BCUT2D eigenvalue weighted by Crippen LogP contribution is 2.62. The zero-order chi connectivity index (χ0) is 35.8. The molecular weight excluding hydrogens is 655 g/mol. The van der Waals surface area contributed by atoms with E-state index in [0.29, 0.717) is 0 Å². The predicted octanol–water partition coefficient (Wildman–Crippen LogP) is 13.2. The van der Waals surface area contributed by atoms with Crippen molar-refractivity contribution < 1.29 is 4.74 Å². The van der Waals surface area contributed by atoms with Crippen molar-refractivity contribution in [2.45, 2.75) is 24.7 Å². The van der Waals surface area contributed by atoms with Crippen LogP contribution in [0.1, 0.15) is 47.2 Å². The van der Waals surface area contributed by atoms with Crippen molar-refractivity contribution in [3.63, 3.8) is 0 Å². The van der Waals surface area contributed by atoms with Crippen molar-refractivity contribution in [1.82, 2.24) is 4.57 Å². The van der Waals surface area contributed by atoms with Gasteiger partial charge in [0.15, 0.2) is 0 Å². The Morgan fingerprint density at radius 3 is 1.69 bits per heavy atom. The second-order valence-corrected chi connectivity index (χ2v) is 15.6. The molecule has 8 aromatic carbocycles. The molecule has 0 atom stereocenters. The number of rotatable bonds is 2. The minimum atomic E-state index is -0.498. The fourth-order valence-corrected chi connectivity index (χ4v) is 10.3. The first-order valence-corrected chi connectivity index (χ1v) is 18.9. The number of fused-ring (bicyclic) bond motifs is 15. The maximum atomic E-state index is 6.60. The summed E-state index contributed by atoms with van der Waals surface area (Å²) in [6, 6.07) is 65.0. The second-order valence-electron chi connectivity index (χ2n) is 15.6. The number of nitrogens with zero attached hydrogens (tertiary/aromatic N) is 1. The van der Waals surface area contributed by atoms with E-state index < -0.39 is 5.41 Å². The summed E-state index contributed by atoms with van der Waals surface area (Å²) in [5, 5.41) is 2.54. The third kappa shape index (κ3) is 3.70. The van der Waals surface area contributed by atoms with E-state index in [1.807, 2.05) is 0 Å². The van der Waals surface area contributed by atoms with E-state index >= 15 is 0 Å². The Kier molecular flexibility index (Phi) is 5.81. The number of ether oxygens (including phenoxy) is 1. The van der Waals surface area contributed by atoms with E-state index in [1.165, 1.54) is 94.3 Å². The minimum absolute atomic E-state index is 0.0808. The van der Waals surface area contributed by atoms with E-state index in [0.717, 1.165) is 11.5 Å². The molecule has 0 saturated carbocycles. The molecule has 0 saturated heterocycles. The lowest BCUT2D eigenvalue weighted by Crippen LogP contribution is -2.32. The molecular formula is C52H35NO. The van der Waals surface area contributed by atoms with Gasteiger partial charge in [-0.3, -0.25) is 0 Å². The molecule has 9 aromatic rings. The summed E-state index contributed by atoms with van der Waals surface area (Å²) in [6.45, 7) is 4.73. The van der Waals surface area contributed by atoms with Crippen LogP contribution in [-0.4, -0.2) is 4.57 Å². The van der Waals surface area contributed by atoms with Crippen LogP contribution in [0.4, 0.5) is 0 Å². The monoisotopic (exact) mass is 689 g/mol. The zero-order valence-electron chi connectivity index (χ0n) is 30.1. The van der Waals surface area contributed by atoms with Crippen LogP contribution >= 0.6 is 0 Å². The molecule has 1 spiro atoms. The molecule has 54 heavy (non-hydrogen) atoms. The van der Waals surface area contributed by atoms with Crippen molar-refractivity contribution >= 4 is 21.8 Å². The van der Waals surface area contributed by atoms with Gasteiger partial charge in [-0.1, -0.05) is 135 Å². The fourth-order valence-electron chi connectivity index (χ4n) is 10.3. The van der Waals surface area contributed by atoms with Gasteiger partial charge < -0.3 is 9.30 Å². The Bertz CT molecular complexity index is 3010. The first-order valence-electron chi connectivity index (χ1n) is 18.9. The molecule has 1 aromatic heterocycles. The number of aromatic nitrogens is 1. The van der Waals surface area contributed by atoms with Crippen molar-refractivity contribution in [3.05, 3.63) is 209 Å². The van der Waals surface area contributed by atoms with E-state index in [4.69, 9.17) is 4.74 Å². The zero-order valence-corrected chi connectivity index (χ0v) is 30.1. The van der Waals surface area contributed by atoms with Crippen LogP contribution < -0.4 is 4.74 Å². The molecule has 0 bridgehead atoms. The lowest BCUT2D eigenvalue weighted by molar-refractivity contribution is 0.436. The first-order chi connectivity index (χ1) is 26.5. The van der Waals surface area contributed by atoms with Gasteiger partial charge in [0.2, 0.25) is 0 Å². The van der Waals surface area contributed by atoms with Crippen LogP contribution in [0, 0.1) is 0 Å². The molecule has 0 fully saturated rings. The quantitative estimate of drug-likeness (QED) is 0.176. The van der Waals surface area contributed by atoms with Crippen molar-refractivity contribution in [2.24, 2.45) is 0 Å². The summed E-state index contributed by atoms with van der Waals surface area (Å²) >= 11 is 0. The lowest BCUT2D eigenvalue weighted by atomic mass is 9.66. The van der Waals surface area contributed by atoms with Crippen LogP contribution in [0.15, 0.2) is 176 Å². The summed E-state index contributed by atoms with van der Waals surface area (Å²) in [6.07, 6.45) is 0. The summed E-state index contributed by atoms with van der Waals surface area (Å²) in [4.78, 5) is 0. The summed E-state index contributed by atoms with van der Waals surface area (Å²) < 4.78 is 9.06. The van der Waals surface area contributed by atoms with Crippen molar-refractivity contribution in [3.8, 4) is 50.6 Å². The third-order valence-corrected chi connectivity index (χ3v) is 12.7. The number of hydrogen-bond donors (Lipinski definition) is 0. The molecule has 2 heteroatoms. The van der Waals surface area contributed by atoms with E-state index in [2.05, 4.69) is 194 Å². The smallest absolute Gasteiger partial charge is 0.132 e. The van der Waals surface area contributed by atoms with Crippen LogP contribution in [0.2, 0.25) is 0 Å². The van der Waals surface area contributed by atoms with Gasteiger partial charge in [0.05, 0.1) is 16.4 Å². The number of para-hydroxylation sites is 3. The van der Waals surface area contributed by atoms with Crippen LogP contribution in [0.25, 0.3) is 60.9 Å². The topological polar surface area (TPSA) is 14.2 Å². The highest BCUT2D eigenvalue weighted by Gasteiger charge is 2.51. The molecule has 2 heterocycles. The molecule has 0 N–H and O–H groups in total. The Balaban J connectivity index is 1.13. The van der Waals surface area contributed by atoms with Gasteiger partial charge >= 0.3 is 0 Å². The van der Waals surface area contributed by atoms with Crippen molar-refractivity contribution in [2.75, 3.05) is 0 Å².